The van der Waals surface area contributed by atoms with Gasteiger partial charge in [0.15, 0.2) is 0 Å². The molecule has 2 saturated heterocycles. The second kappa shape index (κ2) is 7.44. The molecule has 27 heavy (non-hydrogen) atoms. The molecular formula is C21H27N3O3. The monoisotopic (exact) mass is 369 g/mol. The molecule has 0 N–H and O–H groups in total. The van der Waals surface area contributed by atoms with Gasteiger partial charge in [0.2, 0.25) is 0 Å². The fourth-order valence-corrected chi connectivity index (χ4v) is 4.28. The van der Waals surface area contributed by atoms with Crippen molar-refractivity contribution < 1.29 is 14.1 Å². The molecule has 2 aliphatic heterocycles. The van der Waals surface area contributed by atoms with Crippen LogP contribution in [0.2, 0.25) is 0 Å². The van der Waals surface area contributed by atoms with Gasteiger partial charge in [-0.15, -0.1) is 0 Å². The predicted molar refractivity (Wildman–Crippen MR) is 102 cm³/mol. The number of aryl methyl sites for hydroxylation is 2. The van der Waals surface area contributed by atoms with Crippen LogP contribution in [0, 0.1) is 13.8 Å². The molecule has 2 aliphatic rings. The molecule has 6 heteroatoms. The van der Waals surface area contributed by atoms with Crippen LogP contribution in [0.4, 0.5) is 0 Å². The zero-order valence-corrected chi connectivity index (χ0v) is 16.1. The Kier molecular flexibility index (Phi) is 5.02. The Bertz CT molecular complexity index is 775. The lowest BCUT2D eigenvalue weighted by atomic mass is 9.84. The van der Waals surface area contributed by atoms with Gasteiger partial charge in [-0.05, 0) is 38.8 Å². The van der Waals surface area contributed by atoms with Gasteiger partial charge < -0.3 is 14.2 Å². The van der Waals surface area contributed by atoms with Crippen molar-refractivity contribution in [3.63, 3.8) is 0 Å². The van der Waals surface area contributed by atoms with E-state index in [1.807, 2.05) is 44.2 Å². The Balaban J connectivity index is 1.47. The molecule has 4 rings (SSSR count). The summed E-state index contributed by atoms with van der Waals surface area (Å²) in [5.41, 5.74) is 2.72. The van der Waals surface area contributed by atoms with Crippen molar-refractivity contribution in [2.24, 2.45) is 0 Å². The highest BCUT2D eigenvalue weighted by atomic mass is 16.5. The summed E-state index contributed by atoms with van der Waals surface area (Å²) in [6.45, 7) is 8.59. The number of likely N-dealkylation sites (tertiary alicyclic amines) is 1. The average molecular weight is 369 g/mol. The molecule has 2 fully saturated rings. The van der Waals surface area contributed by atoms with E-state index in [4.69, 9.17) is 9.26 Å². The van der Waals surface area contributed by atoms with E-state index >= 15 is 0 Å². The Hall–Kier alpha value is -2.18. The molecule has 6 nitrogen and oxygen atoms in total. The summed E-state index contributed by atoms with van der Waals surface area (Å²) in [5.74, 6) is 1.02. The third kappa shape index (κ3) is 3.51. The Morgan fingerprint density at radius 1 is 1.15 bits per heavy atom. The van der Waals surface area contributed by atoms with Crippen molar-refractivity contribution in [1.82, 2.24) is 15.0 Å². The summed E-state index contributed by atoms with van der Waals surface area (Å²) in [6, 6.07) is 9.59. The summed E-state index contributed by atoms with van der Waals surface area (Å²) < 4.78 is 11.1. The zero-order valence-electron chi connectivity index (χ0n) is 16.1. The lowest BCUT2D eigenvalue weighted by Gasteiger charge is -2.51. The first-order valence-corrected chi connectivity index (χ1v) is 9.68. The highest BCUT2D eigenvalue weighted by Gasteiger charge is 2.44. The van der Waals surface area contributed by atoms with Crippen LogP contribution in [-0.4, -0.2) is 59.3 Å². The molecular weight excluding hydrogens is 342 g/mol. The molecule has 0 radical (unpaired) electrons. The number of amides is 1. The molecule has 1 aromatic heterocycles. The zero-order chi connectivity index (χ0) is 18.9. The molecule has 0 saturated carbocycles. The molecule has 144 valence electrons. The number of carbonyl (C=O) groups excluding carboxylic acids is 1. The van der Waals surface area contributed by atoms with Gasteiger partial charge in [-0.2, -0.15) is 0 Å². The highest BCUT2D eigenvalue weighted by Crippen LogP contribution is 2.34. The number of hydrogen-bond donors (Lipinski definition) is 0. The SMILES string of the molecule is Cc1noc(C)c1CN1CCC2(CC1)COCCN2C(=O)c1ccccc1. The van der Waals surface area contributed by atoms with Crippen LogP contribution in [0.1, 0.15) is 40.2 Å². The predicted octanol–water partition coefficient (Wildman–Crippen LogP) is 2.80. The molecule has 1 spiro atoms. The van der Waals surface area contributed by atoms with Gasteiger partial charge in [0.05, 0.1) is 24.4 Å². The maximum Gasteiger partial charge on any atom is 0.254 e. The number of aromatic nitrogens is 1. The highest BCUT2D eigenvalue weighted by molar-refractivity contribution is 5.94. The number of rotatable bonds is 3. The van der Waals surface area contributed by atoms with E-state index in [9.17, 15) is 4.79 Å². The lowest BCUT2D eigenvalue weighted by Crippen LogP contribution is -2.63. The van der Waals surface area contributed by atoms with E-state index in [0.717, 1.165) is 49.5 Å². The number of carbonyl (C=O) groups is 1. The Morgan fingerprint density at radius 2 is 1.89 bits per heavy atom. The van der Waals surface area contributed by atoms with Crippen molar-refractivity contribution in [3.05, 3.63) is 52.9 Å². The van der Waals surface area contributed by atoms with Gasteiger partial charge >= 0.3 is 0 Å². The van der Waals surface area contributed by atoms with E-state index in [1.165, 1.54) is 5.56 Å². The maximum atomic E-state index is 13.1. The summed E-state index contributed by atoms with van der Waals surface area (Å²) in [6.07, 6.45) is 1.85. The van der Waals surface area contributed by atoms with Gasteiger partial charge in [-0.25, -0.2) is 0 Å². The summed E-state index contributed by atoms with van der Waals surface area (Å²) in [7, 11) is 0. The first-order valence-electron chi connectivity index (χ1n) is 9.68. The summed E-state index contributed by atoms with van der Waals surface area (Å²) >= 11 is 0. The summed E-state index contributed by atoms with van der Waals surface area (Å²) in [5, 5.41) is 4.06. The molecule has 3 heterocycles. The molecule has 0 bridgehead atoms. The van der Waals surface area contributed by atoms with Gasteiger partial charge in [-0.3, -0.25) is 9.69 Å². The van der Waals surface area contributed by atoms with E-state index in [1.54, 1.807) is 0 Å². The van der Waals surface area contributed by atoms with Gasteiger partial charge in [0.1, 0.15) is 5.76 Å². The summed E-state index contributed by atoms with van der Waals surface area (Å²) in [4.78, 5) is 17.6. The van der Waals surface area contributed by atoms with Crippen LogP contribution in [0.3, 0.4) is 0 Å². The van der Waals surface area contributed by atoms with Crippen molar-refractivity contribution in [2.45, 2.75) is 38.8 Å². The molecule has 0 aliphatic carbocycles. The van der Waals surface area contributed by atoms with Crippen LogP contribution in [0.25, 0.3) is 0 Å². The van der Waals surface area contributed by atoms with Gasteiger partial charge in [0.25, 0.3) is 5.91 Å². The van der Waals surface area contributed by atoms with Crippen LogP contribution >= 0.6 is 0 Å². The van der Waals surface area contributed by atoms with Crippen molar-refractivity contribution in [2.75, 3.05) is 32.8 Å². The van der Waals surface area contributed by atoms with E-state index < -0.39 is 0 Å². The van der Waals surface area contributed by atoms with Crippen LogP contribution in [0.5, 0.6) is 0 Å². The second-order valence-corrected chi connectivity index (χ2v) is 7.68. The number of piperidine rings is 1. The number of benzene rings is 1. The lowest BCUT2D eigenvalue weighted by molar-refractivity contribution is -0.0784. The first kappa shape index (κ1) is 18.2. The van der Waals surface area contributed by atoms with Crippen LogP contribution in [-0.2, 0) is 11.3 Å². The minimum atomic E-state index is -0.194. The van der Waals surface area contributed by atoms with E-state index in [2.05, 4.69) is 15.0 Å². The normalized spacial score (nSPS) is 20.1. The van der Waals surface area contributed by atoms with Gasteiger partial charge in [-0.1, -0.05) is 23.4 Å². The number of nitrogens with zero attached hydrogens (tertiary/aromatic N) is 3. The minimum absolute atomic E-state index is 0.123. The fourth-order valence-electron chi connectivity index (χ4n) is 4.28. The number of ether oxygens (including phenoxy) is 1. The molecule has 0 atom stereocenters. The third-order valence-corrected chi connectivity index (χ3v) is 6.02. The molecule has 0 unspecified atom stereocenters. The third-order valence-electron chi connectivity index (χ3n) is 6.02. The van der Waals surface area contributed by atoms with Gasteiger partial charge in [0, 0.05) is 37.3 Å². The first-order chi connectivity index (χ1) is 13.1. The second-order valence-electron chi connectivity index (χ2n) is 7.68. The largest absolute Gasteiger partial charge is 0.377 e. The van der Waals surface area contributed by atoms with Crippen molar-refractivity contribution in [1.29, 1.82) is 0 Å². The van der Waals surface area contributed by atoms with Crippen LogP contribution in [0.15, 0.2) is 34.9 Å². The van der Waals surface area contributed by atoms with E-state index in [0.29, 0.717) is 19.8 Å². The minimum Gasteiger partial charge on any atom is -0.377 e. The Morgan fingerprint density at radius 3 is 2.56 bits per heavy atom. The number of hydrogen-bond acceptors (Lipinski definition) is 5. The maximum absolute atomic E-state index is 13.1. The van der Waals surface area contributed by atoms with Crippen LogP contribution < -0.4 is 0 Å². The molecule has 1 aromatic carbocycles. The Labute approximate surface area is 160 Å². The van der Waals surface area contributed by atoms with E-state index in [-0.39, 0.29) is 11.4 Å². The topological polar surface area (TPSA) is 58.8 Å². The standard InChI is InChI=1S/C21H27N3O3/c1-16-19(17(2)27-22-16)14-23-10-8-21(9-11-23)15-26-13-12-24(21)20(25)18-6-4-3-5-7-18/h3-7H,8-15H2,1-2H3. The average Bonchev–Trinajstić information content (AvgIpc) is 3.02. The van der Waals surface area contributed by atoms with Crippen molar-refractivity contribution >= 4 is 5.91 Å². The molecule has 2 aromatic rings. The fraction of sp³-hybridized carbons (Fsp3) is 0.524. The van der Waals surface area contributed by atoms with Crippen molar-refractivity contribution in [3.8, 4) is 0 Å². The smallest absolute Gasteiger partial charge is 0.254 e. The number of morpholine rings is 1. The quantitative estimate of drug-likeness (QED) is 0.833. The molecule has 1 amide bonds.